The van der Waals surface area contributed by atoms with E-state index in [1.54, 1.807) is 0 Å². The summed E-state index contributed by atoms with van der Waals surface area (Å²) < 4.78 is 16.9. The molecular weight excluding hydrogens is 218 g/mol. The van der Waals surface area contributed by atoms with Gasteiger partial charge in [0.25, 0.3) is 0 Å². The smallest absolute Gasteiger partial charge is 0.196 e. The van der Waals surface area contributed by atoms with E-state index in [-0.39, 0.29) is 0 Å². The Kier molecular flexibility index (Phi) is 3.99. The van der Waals surface area contributed by atoms with Crippen LogP contribution in [0.15, 0.2) is 24.3 Å². The van der Waals surface area contributed by atoms with Crippen LogP contribution in [0.4, 0.5) is 0 Å². The van der Waals surface area contributed by atoms with E-state index in [1.165, 1.54) is 0 Å². The van der Waals surface area contributed by atoms with E-state index in [2.05, 4.69) is 0 Å². The molecule has 2 N–H and O–H groups in total. The zero-order valence-corrected chi connectivity index (χ0v) is 10.1. The topological polar surface area (TPSA) is 53.7 Å². The summed E-state index contributed by atoms with van der Waals surface area (Å²) in [5.74, 6) is 0.205. The Labute approximate surface area is 102 Å². The molecule has 0 saturated carbocycles. The first-order valence-corrected chi connectivity index (χ1v) is 6.02. The number of hydrogen-bond donors (Lipinski definition) is 1. The Morgan fingerprint density at radius 2 is 1.88 bits per heavy atom. The predicted octanol–water partition coefficient (Wildman–Crippen LogP) is 1.63. The highest BCUT2D eigenvalue weighted by Crippen LogP contribution is 2.35. The predicted molar refractivity (Wildman–Crippen MR) is 64.9 cm³/mol. The highest BCUT2D eigenvalue weighted by molar-refractivity contribution is 5.30. The first kappa shape index (κ1) is 12.4. The lowest BCUT2D eigenvalue weighted by atomic mass is 10.0. The van der Waals surface area contributed by atoms with Crippen LogP contribution in [0.1, 0.15) is 18.9 Å². The molecule has 1 heterocycles. The standard InChI is InChI=1S/C13H19NO3/c1-2-15-12-5-3-11(4-6-12)13(7-8-14)16-9-10-17-13/h3-6H,2,7-10,14H2,1H3. The van der Waals surface area contributed by atoms with Gasteiger partial charge in [0.05, 0.1) is 19.8 Å². The Morgan fingerprint density at radius 3 is 2.41 bits per heavy atom. The Balaban J connectivity index is 2.18. The molecule has 1 aromatic carbocycles. The molecular formula is C13H19NO3. The molecule has 4 heteroatoms. The van der Waals surface area contributed by atoms with Crippen LogP contribution in [-0.4, -0.2) is 26.4 Å². The number of ether oxygens (including phenoxy) is 3. The molecule has 0 unspecified atom stereocenters. The first-order valence-electron chi connectivity index (χ1n) is 6.02. The van der Waals surface area contributed by atoms with Crippen molar-refractivity contribution < 1.29 is 14.2 Å². The summed E-state index contributed by atoms with van der Waals surface area (Å²) in [6.07, 6.45) is 0.668. The summed E-state index contributed by atoms with van der Waals surface area (Å²) in [5, 5.41) is 0. The van der Waals surface area contributed by atoms with Crippen molar-refractivity contribution in [3.05, 3.63) is 29.8 Å². The van der Waals surface area contributed by atoms with Crippen molar-refractivity contribution in [2.45, 2.75) is 19.1 Å². The van der Waals surface area contributed by atoms with Gasteiger partial charge in [-0.1, -0.05) is 0 Å². The molecule has 1 aliphatic rings. The van der Waals surface area contributed by atoms with Gasteiger partial charge in [0.1, 0.15) is 5.75 Å². The maximum Gasteiger partial charge on any atom is 0.196 e. The summed E-state index contributed by atoms with van der Waals surface area (Å²) in [6, 6.07) is 7.82. The molecule has 4 nitrogen and oxygen atoms in total. The van der Waals surface area contributed by atoms with Crippen molar-refractivity contribution in [3.8, 4) is 5.75 Å². The maximum atomic E-state index is 5.72. The molecule has 1 saturated heterocycles. The Bertz CT molecular complexity index is 344. The van der Waals surface area contributed by atoms with Crippen molar-refractivity contribution in [2.24, 2.45) is 5.73 Å². The number of benzene rings is 1. The van der Waals surface area contributed by atoms with Crippen LogP contribution >= 0.6 is 0 Å². The molecule has 2 rings (SSSR count). The van der Waals surface area contributed by atoms with Crippen molar-refractivity contribution in [1.82, 2.24) is 0 Å². The van der Waals surface area contributed by atoms with E-state index in [4.69, 9.17) is 19.9 Å². The third-order valence-corrected chi connectivity index (χ3v) is 2.83. The fourth-order valence-corrected chi connectivity index (χ4v) is 2.07. The number of hydrogen-bond acceptors (Lipinski definition) is 4. The fourth-order valence-electron chi connectivity index (χ4n) is 2.07. The normalized spacial score (nSPS) is 18.2. The molecule has 0 amide bonds. The SMILES string of the molecule is CCOc1ccc(C2(CCN)OCCO2)cc1. The molecule has 0 radical (unpaired) electrons. The van der Waals surface area contributed by atoms with Crippen molar-refractivity contribution in [2.75, 3.05) is 26.4 Å². The highest BCUT2D eigenvalue weighted by Gasteiger charge is 2.37. The first-order chi connectivity index (χ1) is 8.30. The van der Waals surface area contributed by atoms with Crippen LogP contribution in [0, 0.1) is 0 Å². The monoisotopic (exact) mass is 237 g/mol. The van der Waals surface area contributed by atoms with Crippen LogP contribution in [0.25, 0.3) is 0 Å². The van der Waals surface area contributed by atoms with Crippen LogP contribution in [0.2, 0.25) is 0 Å². The van der Waals surface area contributed by atoms with Crippen molar-refractivity contribution in [1.29, 1.82) is 0 Å². The summed E-state index contributed by atoms with van der Waals surface area (Å²) in [6.45, 7) is 4.40. The minimum atomic E-state index is -0.653. The van der Waals surface area contributed by atoms with Gasteiger partial charge in [-0.2, -0.15) is 0 Å². The lowest BCUT2D eigenvalue weighted by Crippen LogP contribution is -2.30. The minimum absolute atomic E-state index is 0.535. The molecule has 0 atom stereocenters. The van der Waals surface area contributed by atoms with Crippen molar-refractivity contribution >= 4 is 0 Å². The number of nitrogens with two attached hydrogens (primary N) is 1. The molecule has 1 aromatic rings. The van der Waals surface area contributed by atoms with E-state index in [1.807, 2.05) is 31.2 Å². The zero-order chi connectivity index (χ0) is 12.1. The third-order valence-electron chi connectivity index (χ3n) is 2.83. The molecule has 94 valence electrons. The maximum absolute atomic E-state index is 5.72. The zero-order valence-electron chi connectivity index (χ0n) is 10.1. The molecule has 0 aromatic heterocycles. The second-order valence-corrected chi connectivity index (χ2v) is 3.95. The quantitative estimate of drug-likeness (QED) is 0.845. The lowest BCUT2D eigenvalue weighted by Gasteiger charge is -2.27. The minimum Gasteiger partial charge on any atom is -0.494 e. The molecule has 1 fully saturated rings. The summed E-state index contributed by atoms with van der Waals surface area (Å²) >= 11 is 0. The summed E-state index contributed by atoms with van der Waals surface area (Å²) in [7, 11) is 0. The van der Waals surface area contributed by atoms with E-state index >= 15 is 0 Å². The molecule has 1 aliphatic heterocycles. The average Bonchev–Trinajstić information content (AvgIpc) is 2.81. The van der Waals surface area contributed by atoms with Gasteiger partial charge in [-0.15, -0.1) is 0 Å². The second-order valence-electron chi connectivity index (χ2n) is 3.95. The Morgan fingerprint density at radius 1 is 1.24 bits per heavy atom. The van der Waals surface area contributed by atoms with Gasteiger partial charge in [-0.3, -0.25) is 0 Å². The molecule has 0 spiro atoms. The van der Waals surface area contributed by atoms with Crippen LogP contribution in [0.5, 0.6) is 5.75 Å². The van der Waals surface area contributed by atoms with Gasteiger partial charge in [0.15, 0.2) is 5.79 Å². The van der Waals surface area contributed by atoms with Gasteiger partial charge in [-0.25, -0.2) is 0 Å². The van der Waals surface area contributed by atoms with E-state index in [0.717, 1.165) is 11.3 Å². The fraction of sp³-hybridized carbons (Fsp3) is 0.538. The van der Waals surface area contributed by atoms with E-state index in [0.29, 0.717) is 32.8 Å². The Hall–Kier alpha value is -1.10. The number of rotatable bonds is 5. The van der Waals surface area contributed by atoms with E-state index in [9.17, 15) is 0 Å². The van der Waals surface area contributed by atoms with Crippen LogP contribution in [0.3, 0.4) is 0 Å². The average molecular weight is 237 g/mol. The van der Waals surface area contributed by atoms with Gasteiger partial charge in [0, 0.05) is 12.0 Å². The van der Waals surface area contributed by atoms with Gasteiger partial charge in [-0.05, 0) is 37.7 Å². The lowest BCUT2D eigenvalue weighted by molar-refractivity contribution is -0.168. The summed E-state index contributed by atoms with van der Waals surface area (Å²) in [4.78, 5) is 0. The summed E-state index contributed by atoms with van der Waals surface area (Å²) in [5.41, 5.74) is 6.63. The van der Waals surface area contributed by atoms with Crippen molar-refractivity contribution in [3.63, 3.8) is 0 Å². The van der Waals surface area contributed by atoms with Gasteiger partial charge < -0.3 is 19.9 Å². The van der Waals surface area contributed by atoms with Crippen LogP contribution < -0.4 is 10.5 Å². The van der Waals surface area contributed by atoms with Gasteiger partial charge in [0.2, 0.25) is 0 Å². The molecule has 0 aliphatic carbocycles. The molecule has 17 heavy (non-hydrogen) atoms. The third kappa shape index (κ3) is 2.60. The molecule has 0 bridgehead atoms. The highest BCUT2D eigenvalue weighted by atomic mass is 16.7. The van der Waals surface area contributed by atoms with E-state index < -0.39 is 5.79 Å². The second kappa shape index (κ2) is 5.49. The van der Waals surface area contributed by atoms with Crippen LogP contribution in [-0.2, 0) is 15.3 Å². The van der Waals surface area contributed by atoms with Gasteiger partial charge >= 0.3 is 0 Å². The largest absolute Gasteiger partial charge is 0.494 e.